The van der Waals surface area contributed by atoms with Crippen LogP contribution in [-0.4, -0.2) is 24.1 Å². The molecule has 0 saturated carbocycles. The molecule has 0 amide bonds. The summed E-state index contributed by atoms with van der Waals surface area (Å²) in [6.45, 7) is 2.00. The van der Waals surface area contributed by atoms with Gasteiger partial charge in [-0.2, -0.15) is 0 Å². The van der Waals surface area contributed by atoms with Crippen molar-refractivity contribution in [3.05, 3.63) is 33.4 Å². The molecule has 2 aromatic carbocycles. The molecule has 3 rings (SSSR count). The summed E-state index contributed by atoms with van der Waals surface area (Å²) in [5, 5.41) is 0. The van der Waals surface area contributed by atoms with Gasteiger partial charge in [0.1, 0.15) is 5.52 Å². The van der Waals surface area contributed by atoms with Crippen LogP contribution in [0.15, 0.2) is 24.3 Å². The van der Waals surface area contributed by atoms with Crippen LogP contribution >= 0.6 is 22.6 Å². The SMILES string of the molecule is Cc1cc2nc3ccc(N(C)C)cc3nc2c(I)c1N. The fourth-order valence-corrected chi connectivity index (χ4v) is 3.00. The molecule has 2 N–H and O–H groups in total. The molecule has 5 heteroatoms. The molecule has 0 aliphatic carbocycles. The first-order chi connectivity index (χ1) is 9.47. The minimum atomic E-state index is 0.788. The second-order valence-corrected chi connectivity index (χ2v) is 6.16. The quantitative estimate of drug-likeness (QED) is 0.401. The molecule has 0 atom stereocenters. The predicted molar refractivity (Wildman–Crippen MR) is 93.2 cm³/mol. The molecule has 0 aliphatic rings. The molecule has 102 valence electrons. The molecule has 0 unspecified atom stereocenters. The van der Waals surface area contributed by atoms with Gasteiger partial charge in [0.15, 0.2) is 0 Å². The van der Waals surface area contributed by atoms with Crippen LogP contribution in [0.3, 0.4) is 0 Å². The number of hydrogen-bond donors (Lipinski definition) is 1. The van der Waals surface area contributed by atoms with E-state index < -0.39 is 0 Å². The Hall–Kier alpha value is -1.63. The Morgan fingerprint density at radius 3 is 2.50 bits per heavy atom. The van der Waals surface area contributed by atoms with Gasteiger partial charge in [-0.05, 0) is 59.3 Å². The van der Waals surface area contributed by atoms with Crippen molar-refractivity contribution in [2.24, 2.45) is 0 Å². The number of halogens is 1. The molecule has 1 aromatic heterocycles. The first-order valence-electron chi connectivity index (χ1n) is 6.31. The van der Waals surface area contributed by atoms with Crippen LogP contribution in [0.5, 0.6) is 0 Å². The van der Waals surface area contributed by atoms with E-state index in [0.29, 0.717) is 0 Å². The van der Waals surface area contributed by atoms with Crippen LogP contribution < -0.4 is 10.6 Å². The molecule has 0 radical (unpaired) electrons. The highest BCUT2D eigenvalue weighted by molar-refractivity contribution is 14.1. The number of aromatic nitrogens is 2. The van der Waals surface area contributed by atoms with Crippen molar-refractivity contribution in [3.63, 3.8) is 0 Å². The lowest BCUT2D eigenvalue weighted by molar-refractivity contribution is 1.13. The van der Waals surface area contributed by atoms with Gasteiger partial charge in [-0.3, -0.25) is 0 Å². The minimum Gasteiger partial charge on any atom is -0.398 e. The van der Waals surface area contributed by atoms with E-state index >= 15 is 0 Å². The summed E-state index contributed by atoms with van der Waals surface area (Å²) in [6.07, 6.45) is 0. The van der Waals surface area contributed by atoms with E-state index in [9.17, 15) is 0 Å². The Kier molecular flexibility index (Phi) is 3.16. The topological polar surface area (TPSA) is 55.0 Å². The second kappa shape index (κ2) is 4.73. The van der Waals surface area contributed by atoms with Gasteiger partial charge in [0.25, 0.3) is 0 Å². The highest BCUT2D eigenvalue weighted by Crippen LogP contribution is 2.29. The molecular weight excluding hydrogens is 363 g/mol. The van der Waals surface area contributed by atoms with Gasteiger partial charge in [-0.1, -0.05) is 0 Å². The van der Waals surface area contributed by atoms with Crippen LogP contribution in [0.1, 0.15) is 5.56 Å². The van der Waals surface area contributed by atoms with E-state index in [1.807, 2.05) is 39.2 Å². The highest BCUT2D eigenvalue weighted by Gasteiger charge is 2.10. The standard InChI is InChI=1S/C15H15IN4/c1-8-6-12-15(13(16)14(8)17)19-11-7-9(20(2)3)4-5-10(11)18-12/h4-7H,17H2,1-3H3. The average molecular weight is 378 g/mol. The fourth-order valence-electron chi connectivity index (χ4n) is 2.18. The van der Waals surface area contributed by atoms with Crippen molar-refractivity contribution in [2.75, 3.05) is 24.7 Å². The van der Waals surface area contributed by atoms with Crippen molar-refractivity contribution >= 4 is 56.0 Å². The molecule has 1 heterocycles. The van der Waals surface area contributed by atoms with Crippen LogP contribution in [0.25, 0.3) is 22.1 Å². The maximum Gasteiger partial charge on any atom is 0.105 e. The number of rotatable bonds is 1. The molecule has 20 heavy (non-hydrogen) atoms. The maximum absolute atomic E-state index is 6.09. The number of nitrogens with zero attached hydrogens (tertiary/aromatic N) is 3. The van der Waals surface area contributed by atoms with Gasteiger partial charge in [0, 0.05) is 19.8 Å². The van der Waals surface area contributed by atoms with Gasteiger partial charge in [-0.15, -0.1) is 0 Å². The molecule has 0 bridgehead atoms. The van der Waals surface area contributed by atoms with E-state index in [0.717, 1.165) is 42.6 Å². The number of nitrogen functional groups attached to an aromatic ring is 1. The highest BCUT2D eigenvalue weighted by atomic mass is 127. The zero-order chi connectivity index (χ0) is 14.4. The van der Waals surface area contributed by atoms with Gasteiger partial charge in [-0.25, -0.2) is 9.97 Å². The lowest BCUT2D eigenvalue weighted by Crippen LogP contribution is -2.08. The van der Waals surface area contributed by atoms with E-state index in [-0.39, 0.29) is 0 Å². The Morgan fingerprint density at radius 1 is 1.05 bits per heavy atom. The number of fused-ring (bicyclic) bond motifs is 2. The first-order valence-corrected chi connectivity index (χ1v) is 7.38. The minimum absolute atomic E-state index is 0.788. The summed E-state index contributed by atoms with van der Waals surface area (Å²) < 4.78 is 0.974. The van der Waals surface area contributed by atoms with Crippen molar-refractivity contribution in [3.8, 4) is 0 Å². The normalized spacial score (nSPS) is 11.2. The zero-order valence-electron chi connectivity index (χ0n) is 11.6. The lowest BCUT2D eigenvalue weighted by atomic mass is 10.1. The summed E-state index contributed by atoms with van der Waals surface area (Å²) in [6, 6.07) is 8.11. The van der Waals surface area contributed by atoms with Crippen molar-refractivity contribution in [1.29, 1.82) is 0 Å². The molecule has 0 saturated heterocycles. The van der Waals surface area contributed by atoms with Crippen LogP contribution in [0.4, 0.5) is 11.4 Å². The number of nitrogens with two attached hydrogens (primary N) is 1. The van der Waals surface area contributed by atoms with E-state index in [4.69, 9.17) is 15.7 Å². The van der Waals surface area contributed by atoms with Crippen LogP contribution in [-0.2, 0) is 0 Å². The monoisotopic (exact) mass is 378 g/mol. The van der Waals surface area contributed by atoms with Crippen LogP contribution in [0, 0.1) is 10.5 Å². The summed E-state index contributed by atoms with van der Waals surface area (Å²) in [5.74, 6) is 0. The van der Waals surface area contributed by atoms with Crippen molar-refractivity contribution < 1.29 is 0 Å². The second-order valence-electron chi connectivity index (χ2n) is 5.08. The third kappa shape index (κ3) is 2.06. The van der Waals surface area contributed by atoms with Gasteiger partial charge < -0.3 is 10.6 Å². The molecule has 0 aliphatic heterocycles. The largest absolute Gasteiger partial charge is 0.398 e. The van der Waals surface area contributed by atoms with E-state index in [1.165, 1.54) is 0 Å². The summed E-state index contributed by atoms with van der Waals surface area (Å²) in [4.78, 5) is 11.5. The Balaban J connectivity index is 2.38. The average Bonchev–Trinajstić information content (AvgIpc) is 2.43. The smallest absolute Gasteiger partial charge is 0.105 e. The first kappa shape index (κ1) is 13.4. The van der Waals surface area contributed by atoms with Crippen molar-refractivity contribution in [1.82, 2.24) is 9.97 Å². The van der Waals surface area contributed by atoms with E-state index in [2.05, 4.69) is 33.6 Å². The fraction of sp³-hybridized carbons (Fsp3) is 0.200. The summed E-state index contributed by atoms with van der Waals surface area (Å²) >= 11 is 2.25. The third-order valence-corrected chi connectivity index (χ3v) is 4.51. The van der Waals surface area contributed by atoms with Crippen molar-refractivity contribution in [2.45, 2.75) is 6.92 Å². The van der Waals surface area contributed by atoms with Gasteiger partial charge in [0.05, 0.1) is 25.8 Å². The van der Waals surface area contributed by atoms with Gasteiger partial charge >= 0.3 is 0 Å². The number of anilines is 2. The molecule has 3 aromatic rings. The lowest BCUT2D eigenvalue weighted by Gasteiger charge is -2.13. The summed E-state index contributed by atoms with van der Waals surface area (Å²) in [5.41, 5.74) is 12.6. The Bertz CT molecular complexity index is 827. The molecule has 4 nitrogen and oxygen atoms in total. The molecule has 0 spiro atoms. The Labute approximate surface area is 131 Å². The predicted octanol–water partition coefficient (Wildman–Crippen LogP) is 3.34. The van der Waals surface area contributed by atoms with E-state index in [1.54, 1.807) is 0 Å². The molecule has 0 fully saturated rings. The summed E-state index contributed by atoms with van der Waals surface area (Å²) in [7, 11) is 4.03. The zero-order valence-corrected chi connectivity index (χ0v) is 13.8. The Morgan fingerprint density at radius 2 is 1.80 bits per heavy atom. The number of aryl methyl sites for hydroxylation is 1. The van der Waals surface area contributed by atoms with Crippen LogP contribution in [0.2, 0.25) is 0 Å². The number of benzene rings is 2. The maximum atomic E-state index is 6.09. The van der Waals surface area contributed by atoms with Gasteiger partial charge in [0.2, 0.25) is 0 Å². The molecular formula is C15H15IN4. The third-order valence-electron chi connectivity index (χ3n) is 3.41. The number of hydrogen-bond acceptors (Lipinski definition) is 4.